The van der Waals surface area contributed by atoms with Gasteiger partial charge in [-0.15, -0.1) is 0 Å². The molecule has 0 amide bonds. The third-order valence-electron chi connectivity index (χ3n) is 4.64. The van der Waals surface area contributed by atoms with E-state index in [4.69, 9.17) is 10.5 Å². The van der Waals surface area contributed by atoms with Crippen LogP contribution in [0.1, 0.15) is 50.6 Å². The Bertz CT molecular complexity index is 462. The number of ether oxygens (including phenoxy) is 1. The number of benzene rings is 1. The van der Waals surface area contributed by atoms with Crippen LogP contribution in [0.5, 0.6) is 5.75 Å². The number of hydrogen-bond acceptors (Lipinski definition) is 2. The van der Waals surface area contributed by atoms with Gasteiger partial charge in [0.25, 0.3) is 0 Å². The molecule has 1 aromatic carbocycles. The van der Waals surface area contributed by atoms with E-state index in [0.717, 1.165) is 23.7 Å². The van der Waals surface area contributed by atoms with E-state index in [0.29, 0.717) is 5.92 Å². The van der Waals surface area contributed by atoms with Gasteiger partial charge in [-0.2, -0.15) is 0 Å². The zero-order valence-electron chi connectivity index (χ0n) is 11.4. The maximum absolute atomic E-state index is 13.3. The molecular formula is C16H22FNO. The van der Waals surface area contributed by atoms with E-state index >= 15 is 0 Å². The Balaban J connectivity index is 1.79. The first kappa shape index (κ1) is 12.9. The summed E-state index contributed by atoms with van der Waals surface area (Å²) in [5.74, 6) is 1.94. The van der Waals surface area contributed by atoms with E-state index in [1.165, 1.54) is 37.8 Å². The van der Waals surface area contributed by atoms with Crippen molar-refractivity contribution >= 4 is 0 Å². The normalized spacial score (nSPS) is 34.5. The number of rotatable bonds is 1. The van der Waals surface area contributed by atoms with Crippen molar-refractivity contribution in [3.63, 3.8) is 0 Å². The van der Waals surface area contributed by atoms with E-state index < -0.39 is 0 Å². The molecule has 2 nitrogen and oxygen atoms in total. The summed E-state index contributed by atoms with van der Waals surface area (Å²) in [7, 11) is 0. The molecule has 0 spiro atoms. The summed E-state index contributed by atoms with van der Waals surface area (Å²) in [6.45, 7) is 2.32. The molecule has 19 heavy (non-hydrogen) atoms. The summed E-state index contributed by atoms with van der Waals surface area (Å²) in [6, 6.07) is 4.60. The zero-order valence-corrected chi connectivity index (χ0v) is 11.4. The fourth-order valence-corrected chi connectivity index (χ4v) is 3.61. The first-order valence-electron chi connectivity index (χ1n) is 7.35. The Morgan fingerprint density at radius 3 is 2.89 bits per heavy atom. The van der Waals surface area contributed by atoms with Crippen LogP contribution < -0.4 is 10.5 Å². The Kier molecular flexibility index (Phi) is 3.48. The van der Waals surface area contributed by atoms with Gasteiger partial charge in [0.2, 0.25) is 0 Å². The Morgan fingerprint density at radius 2 is 2.11 bits per heavy atom. The molecule has 2 N–H and O–H groups in total. The molecule has 1 aliphatic carbocycles. The van der Waals surface area contributed by atoms with Crippen molar-refractivity contribution in [3.8, 4) is 5.75 Å². The maximum Gasteiger partial charge on any atom is 0.124 e. The number of halogens is 1. The van der Waals surface area contributed by atoms with E-state index in [1.807, 2.05) is 0 Å². The third kappa shape index (κ3) is 2.62. The number of fused-ring (bicyclic) bond motifs is 1. The van der Waals surface area contributed by atoms with Gasteiger partial charge in [-0.05, 0) is 42.9 Å². The zero-order chi connectivity index (χ0) is 13.4. The van der Waals surface area contributed by atoms with Crippen LogP contribution in [0.2, 0.25) is 0 Å². The smallest absolute Gasteiger partial charge is 0.124 e. The lowest BCUT2D eigenvalue weighted by atomic mass is 9.77. The first-order chi connectivity index (χ1) is 9.13. The van der Waals surface area contributed by atoms with E-state index in [9.17, 15) is 4.39 Å². The minimum atomic E-state index is -0.234. The second-order valence-corrected chi connectivity index (χ2v) is 6.21. The van der Waals surface area contributed by atoms with Crippen molar-refractivity contribution in [2.75, 3.05) is 0 Å². The lowest BCUT2D eigenvalue weighted by Crippen LogP contribution is -2.37. The van der Waals surface area contributed by atoms with Crippen LogP contribution in [0.4, 0.5) is 4.39 Å². The quantitative estimate of drug-likeness (QED) is 0.836. The van der Waals surface area contributed by atoms with Crippen LogP contribution in [0.25, 0.3) is 0 Å². The largest absolute Gasteiger partial charge is 0.490 e. The average molecular weight is 263 g/mol. The average Bonchev–Trinajstić information content (AvgIpc) is 2.39. The highest BCUT2D eigenvalue weighted by Crippen LogP contribution is 2.40. The number of nitrogens with two attached hydrogens (primary N) is 1. The predicted octanol–water partition coefficient (Wildman–Crippen LogP) is 3.80. The van der Waals surface area contributed by atoms with Gasteiger partial charge >= 0.3 is 0 Å². The molecule has 4 atom stereocenters. The molecular weight excluding hydrogens is 241 g/mol. The lowest BCUT2D eigenvalue weighted by molar-refractivity contribution is 0.0664. The molecule has 0 bridgehead atoms. The van der Waals surface area contributed by atoms with Gasteiger partial charge in [0.15, 0.2) is 0 Å². The Morgan fingerprint density at radius 1 is 1.26 bits per heavy atom. The van der Waals surface area contributed by atoms with Gasteiger partial charge in [0.05, 0.1) is 0 Å². The van der Waals surface area contributed by atoms with Crippen LogP contribution in [-0.4, -0.2) is 6.10 Å². The SMILES string of the molecule is CC1CCCC(C2C[C@H](N)c3cc(F)ccc3O2)C1. The van der Waals surface area contributed by atoms with Crippen molar-refractivity contribution in [2.24, 2.45) is 17.6 Å². The Labute approximate surface area is 114 Å². The van der Waals surface area contributed by atoms with Crippen molar-refractivity contribution < 1.29 is 9.13 Å². The van der Waals surface area contributed by atoms with E-state index in [1.54, 1.807) is 6.07 Å². The molecule has 3 rings (SSSR count). The molecule has 1 aromatic rings. The number of hydrogen-bond donors (Lipinski definition) is 1. The first-order valence-corrected chi connectivity index (χ1v) is 7.35. The monoisotopic (exact) mass is 263 g/mol. The van der Waals surface area contributed by atoms with E-state index in [-0.39, 0.29) is 18.0 Å². The van der Waals surface area contributed by atoms with Crippen LogP contribution in [-0.2, 0) is 0 Å². The summed E-state index contributed by atoms with van der Waals surface area (Å²) in [5, 5.41) is 0. The molecule has 1 saturated carbocycles. The minimum absolute atomic E-state index is 0.0957. The van der Waals surface area contributed by atoms with Crippen LogP contribution in [0.15, 0.2) is 18.2 Å². The second kappa shape index (κ2) is 5.12. The van der Waals surface area contributed by atoms with Gasteiger partial charge in [-0.25, -0.2) is 4.39 Å². The van der Waals surface area contributed by atoms with Crippen LogP contribution in [0.3, 0.4) is 0 Å². The summed E-state index contributed by atoms with van der Waals surface area (Å²) < 4.78 is 19.4. The summed E-state index contributed by atoms with van der Waals surface area (Å²) >= 11 is 0. The predicted molar refractivity (Wildman–Crippen MR) is 73.5 cm³/mol. The van der Waals surface area contributed by atoms with Crippen molar-refractivity contribution in [1.29, 1.82) is 0 Å². The molecule has 1 heterocycles. The standard InChI is InChI=1S/C16H22FNO/c1-10-3-2-4-11(7-10)16-9-14(18)13-8-12(17)5-6-15(13)19-16/h5-6,8,10-11,14,16H,2-4,7,9,18H2,1H3/t10?,11?,14-,16?/m0/s1. The van der Waals surface area contributed by atoms with Gasteiger partial charge in [0, 0.05) is 18.0 Å². The minimum Gasteiger partial charge on any atom is -0.490 e. The summed E-state index contributed by atoms with van der Waals surface area (Å²) in [4.78, 5) is 0. The summed E-state index contributed by atoms with van der Waals surface area (Å²) in [6.07, 6.45) is 6.10. The molecule has 104 valence electrons. The van der Waals surface area contributed by atoms with Crippen molar-refractivity contribution in [1.82, 2.24) is 0 Å². The maximum atomic E-state index is 13.3. The molecule has 3 heteroatoms. The highest BCUT2D eigenvalue weighted by Gasteiger charge is 2.34. The molecule has 1 fully saturated rings. The molecule has 2 aliphatic rings. The highest BCUT2D eigenvalue weighted by atomic mass is 19.1. The van der Waals surface area contributed by atoms with Gasteiger partial charge in [-0.1, -0.05) is 19.8 Å². The Hall–Kier alpha value is -1.09. The van der Waals surface area contributed by atoms with Gasteiger partial charge in [-0.3, -0.25) is 0 Å². The highest BCUT2D eigenvalue weighted by molar-refractivity contribution is 5.38. The molecule has 1 aliphatic heterocycles. The van der Waals surface area contributed by atoms with Crippen LogP contribution in [0, 0.1) is 17.7 Å². The van der Waals surface area contributed by atoms with Gasteiger partial charge in [0.1, 0.15) is 17.7 Å². The van der Waals surface area contributed by atoms with Crippen molar-refractivity contribution in [3.05, 3.63) is 29.6 Å². The van der Waals surface area contributed by atoms with Crippen molar-refractivity contribution in [2.45, 2.75) is 51.2 Å². The van der Waals surface area contributed by atoms with Crippen LogP contribution >= 0.6 is 0 Å². The molecule has 0 aromatic heterocycles. The second-order valence-electron chi connectivity index (χ2n) is 6.21. The fourth-order valence-electron chi connectivity index (χ4n) is 3.61. The topological polar surface area (TPSA) is 35.2 Å². The third-order valence-corrected chi connectivity index (χ3v) is 4.64. The fraction of sp³-hybridized carbons (Fsp3) is 0.625. The molecule has 3 unspecified atom stereocenters. The molecule has 0 saturated heterocycles. The lowest BCUT2D eigenvalue weighted by Gasteiger charge is -2.38. The van der Waals surface area contributed by atoms with E-state index in [2.05, 4.69) is 6.92 Å². The summed E-state index contributed by atoms with van der Waals surface area (Å²) in [5.41, 5.74) is 7.02. The van der Waals surface area contributed by atoms with Gasteiger partial charge < -0.3 is 10.5 Å². The molecule has 0 radical (unpaired) electrons.